The minimum Gasteiger partial charge on any atom is -0.480 e. The van der Waals surface area contributed by atoms with Gasteiger partial charge in [0, 0.05) is 15.6 Å². The molecule has 1 unspecified atom stereocenters. The summed E-state index contributed by atoms with van der Waals surface area (Å²) >= 11 is 12.4. The number of hydrogen-bond acceptors (Lipinski definition) is 5. The molecule has 2 N–H and O–H groups in total. The minimum absolute atomic E-state index is 0.0394. The van der Waals surface area contributed by atoms with Gasteiger partial charge in [-0.25, -0.2) is 14.8 Å². The van der Waals surface area contributed by atoms with Crippen LogP contribution in [-0.2, 0) is 4.79 Å². The summed E-state index contributed by atoms with van der Waals surface area (Å²) in [5, 5.41) is 12.6. The standard InChI is InChI=1S/C22H19Cl2N3O4/c1-22(2,21(29)30)27-20(28)17-11-26-18(12-25-17)31-19(13-7-9-14(23)10-8-13)15-5-3-4-6-16(15)24/h3-12,19H,1-2H3,(H,27,28)(H,29,30). The van der Waals surface area contributed by atoms with Gasteiger partial charge in [-0.05, 0) is 37.6 Å². The van der Waals surface area contributed by atoms with Crippen molar-refractivity contribution in [1.82, 2.24) is 15.3 Å². The van der Waals surface area contributed by atoms with Gasteiger partial charge in [0.25, 0.3) is 5.91 Å². The lowest BCUT2D eigenvalue weighted by Crippen LogP contribution is -2.49. The van der Waals surface area contributed by atoms with Crippen LogP contribution in [0, 0.1) is 0 Å². The maximum absolute atomic E-state index is 12.3. The van der Waals surface area contributed by atoms with Crippen LogP contribution in [0.15, 0.2) is 60.9 Å². The first-order valence-electron chi connectivity index (χ1n) is 9.22. The van der Waals surface area contributed by atoms with E-state index < -0.39 is 23.5 Å². The third-order valence-corrected chi connectivity index (χ3v) is 5.02. The highest BCUT2D eigenvalue weighted by atomic mass is 35.5. The number of aliphatic carboxylic acids is 1. The van der Waals surface area contributed by atoms with E-state index in [0.29, 0.717) is 10.0 Å². The molecule has 2 aromatic carbocycles. The number of aromatic nitrogens is 2. The van der Waals surface area contributed by atoms with E-state index in [2.05, 4.69) is 15.3 Å². The highest BCUT2D eigenvalue weighted by molar-refractivity contribution is 6.31. The van der Waals surface area contributed by atoms with Gasteiger partial charge in [0.15, 0.2) is 6.10 Å². The zero-order valence-corrected chi connectivity index (χ0v) is 18.2. The second kappa shape index (κ2) is 9.32. The average molecular weight is 460 g/mol. The molecule has 0 spiro atoms. The molecule has 1 atom stereocenters. The molecule has 7 nitrogen and oxygen atoms in total. The Balaban J connectivity index is 1.85. The van der Waals surface area contributed by atoms with Gasteiger partial charge >= 0.3 is 5.97 Å². The fraction of sp³-hybridized carbons (Fsp3) is 0.182. The van der Waals surface area contributed by atoms with E-state index in [1.54, 1.807) is 18.2 Å². The second-order valence-corrected chi connectivity index (χ2v) is 8.04. The smallest absolute Gasteiger partial charge is 0.328 e. The fourth-order valence-electron chi connectivity index (χ4n) is 2.65. The Morgan fingerprint density at radius 2 is 1.71 bits per heavy atom. The molecule has 9 heteroatoms. The first-order chi connectivity index (χ1) is 14.7. The number of ether oxygens (including phenoxy) is 1. The Hall–Kier alpha value is -3.16. The first kappa shape index (κ1) is 22.5. The van der Waals surface area contributed by atoms with Gasteiger partial charge in [-0.3, -0.25) is 4.79 Å². The minimum atomic E-state index is -1.45. The molecule has 1 heterocycles. The fourth-order valence-corrected chi connectivity index (χ4v) is 3.01. The Labute approximate surface area is 189 Å². The van der Waals surface area contributed by atoms with Crippen molar-refractivity contribution >= 4 is 35.1 Å². The topological polar surface area (TPSA) is 101 Å². The number of halogens is 2. The Kier molecular flexibility index (Phi) is 6.77. The van der Waals surface area contributed by atoms with E-state index in [9.17, 15) is 9.59 Å². The van der Waals surface area contributed by atoms with Crippen molar-refractivity contribution in [3.8, 4) is 5.88 Å². The molecule has 31 heavy (non-hydrogen) atoms. The van der Waals surface area contributed by atoms with Gasteiger partial charge in [-0.1, -0.05) is 53.5 Å². The van der Waals surface area contributed by atoms with E-state index in [1.165, 1.54) is 26.2 Å². The van der Waals surface area contributed by atoms with Crippen LogP contribution in [0.25, 0.3) is 0 Å². The normalized spacial score (nSPS) is 12.1. The van der Waals surface area contributed by atoms with Crippen LogP contribution < -0.4 is 10.1 Å². The number of nitrogens with one attached hydrogen (secondary N) is 1. The van der Waals surface area contributed by atoms with Gasteiger partial charge in [0.1, 0.15) is 11.2 Å². The number of carbonyl (C=O) groups is 2. The van der Waals surface area contributed by atoms with Crippen molar-refractivity contribution in [2.45, 2.75) is 25.5 Å². The van der Waals surface area contributed by atoms with E-state index in [1.807, 2.05) is 30.3 Å². The van der Waals surface area contributed by atoms with Gasteiger partial charge < -0.3 is 15.2 Å². The van der Waals surface area contributed by atoms with Crippen LogP contribution >= 0.6 is 23.2 Å². The Morgan fingerprint density at radius 3 is 2.29 bits per heavy atom. The number of carboxylic acid groups (broad SMARTS) is 1. The molecular weight excluding hydrogens is 441 g/mol. The predicted molar refractivity (Wildman–Crippen MR) is 117 cm³/mol. The summed E-state index contributed by atoms with van der Waals surface area (Å²) in [6, 6.07) is 14.4. The molecule has 0 radical (unpaired) electrons. The molecule has 0 bridgehead atoms. The summed E-state index contributed by atoms with van der Waals surface area (Å²) in [6.07, 6.45) is 1.92. The summed E-state index contributed by atoms with van der Waals surface area (Å²) in [6.45, 7) is 2.75. The molecule has 3 aromatic rings. The zero-order chi connectivity index (χ0) is 22.6. The van der Waals surface area contributed by atoms with E-state index >= 15 is 0 Å². The summed E-state index contributed by atoms with van der Waals surface area (Å²) in [5.74, 6) is -1.67. The quantitative estimate of drug-likeness (QED) is 0.537. The summed E-state index contributed by atoms with van der Waals surface area (Å²) in [4.78, 5) is 31.7. The Bertz CT molecular complexity index is 1090. The van der Waals surface area contributed by atoms with Crippen LogP contribution in [0.5, 0.6) is 5.88 Å². The van der Waals surface area contributed by atoms with Crippen LogP contribution in [-0.4, -0.2) is 32.5 Å². The molecule has 0 aliphatic carbocycles. The van der Waals surface area contributed by atoms with Crippen molar-refractivity contribution in [2.24, 2.45) is 0 Å². The zero-order valence-electron chi connectivity index (χ0n) is 16.7. The van der Waals surface area contributed by atoms with Crippen molar-refractivity contribution in [2.75, 3.05) is 0 Å². The lowest BCUT2D eigenvalue weighted by Gasteiger charge is -2.21. The van der Waals surface area contributed by atoms with Gasteiger partial charge in [0.2, 0.25) is 5.88 Å². The number of amides is 1. The number of carboxylic acids is 1. The van der Waals surface area contributed by atoms with Crippen molar-refractivity contribution in [1.29, 1.82) is 0 Å². The number of nitrogens with zero attached hydrogens (tertiary/aromatic N) is 2. The van der Waals surface area contributed by atoms with Gasteiger partial charge in [0.05, 0.1) is 12.4 Å². The highest BCUT2D eigenvalue weighted by Gasteiger charge is 2.30. The number of benzene rings is 2. The summed E-state index contributed by atoms with van der Waals surface area (Å²) in [5.41, 5.74) is 0.0302. The molecule has 0 saturated carbocycles. The van der Waals surface area contributed by atoms with Crippen molar-refractivity contribution in [3.63, 3.8) is 0 Å². The largest absolute Gasteiger partial charge is 0.480 e. The lowest BCUT2D eigenvalue weighted by atomic mass is 10.0. The molecule has 0 aliphatic heterocycles. The predicted octanol–water partition coefficient (Wildman–Crippen LogP) is 4.54. The van der Waals surface area contributed by atoms with Crippen LogP contribution in [0.4, 0.5) is 0 Å². The maximum atomic E-state index is 12.3. The SMILES string of the molecule is CC(C)(NC(=O)c1cnc(OC(c2ccc(Cl)cc2)c2ccccc2Cl)cn1)C(=O)O. The first-order valence-corrected chi connectivity index (χ1v) is 9.97. The van der Waals surface area contributed by atoms with E-state index in [-0.39, 0.29) is 11.6 Å². The van der Waals surface area contributed by atoms with Crippen LogP contribution in [0.2, 0.25) is 10.0 Å². The molecule has 1 amide bonds. The average Bonchev–Trinajstić information content (AvgIpc) is 2.73. The number of carbonyl (C=O) groups excluding carboxylic acids is 1. The third-order valence-electron chi connectivity index (χ3n) is 4.42. The maximum Gasteiger partial charge on any atom is 0.328 e. The summed E-state index contributed by atoms with van der Waals surface area (Å²) in [7, 11) is 0. The van der Waals surface area contributed by atoms with E-state index in [4.69, 9.17) is 33.0 Å². The van der Waals surface area contributed by atoms with Gasteiger partial charge in [-0.15, -0.1) is 0 Å². The van der Waals surface area contributed by atoms with Crippen molar-refractivity contribution in [3.05, 3.63) is 87.8 Å². The number of hydrogen-bond donors (Lipinski definition) is 2. The monoisotopic (exact) mass is 459 g/mol. The molecular formula is C22H19Cl2N3O4. The summed E-state index contributed by atoms with van der Waals surface area (Å²) < 4.78 is 6.05. The third kappa shape index (κ3) is 5.51. The van der Waals surface area contributed by atoms with E-state index in [0.717, 1.165) is 11.1 Å². The lowest BCUT2D eigenvalue weighted by molar-refractivity contribution is -0.143. The Morgan fingerprint density at radius 1 is 1.03 bits per heavy atom. The second-order valence-electron chi connectivity index (χ2n) is 7.20. The molecule has 3 rings (SSSR count). The molecule has 1 aromatic heterocycles. The highest BCUT2D eigenvalue weighted by Crippen LogP contribution is 2.32. The van der Waals surface area contributed by atoms with Crippen LogP contribution in [0.3, 0.4) is 0 Å². The van der Waals surface area contributed by atoms with Crippen molar-refractivity contribution < 1.29 is 19.4 Å². The molecule has 0 aliphatic rings. The molecule has 0 saturated heterocycles. The molecule has 0 fully saturated rings. The molecule has 160 valence electrons. The van der Waals surface area contributed by atoms with Crippen LogP contribution in [0.1, 0.15) is 41.6 Å². The number of rotatable bonds is 7. The van der Waals surface area contributed by atoms with Gasteiger partial charge in [-0.2, -0.15) is 0 Å².